The summed E-state index contributed by atoms with van der Waals surface area (Å²) in [6.07, 6.45) is 1.16. The van der Waals surface area contributed by atoms with Crippen LogP contribution in [0.5, 0.6) is 23.0 Å². The Morgan fingerprint density at radius 3 is 0.755 bits per heavy atom. The molecule has 0 saturated carbocycles. The van der Waals surface area contributed by atoms with Crippen molar-refractivity contribution in [3.05, 3.63) is 73.3 Å². The third-order valence-corrected chi connectivity index (χ3v) is 5.13. The average molecular weight is 868 g/mol. The summed E-state index contributed by atoms with van der Waals surface area (Å²) in [5, 5.41) is 39.0. The minimum absolute atomic E-state index is 0. The fraction of sp³-hybridized carbons (Fsp3) is 0.214. The largest absolute Gasteiger partial charge is 2.00 e. The second-order valence-electron chi connectivity index (χ2n) is 7.80. The molecule has 0 fully saturated rings. The van der Waals surface area contributed by atoms with Crippen LogP contribution in [0.4, 0.5) is 0 Å². The zero-order valence-corrected chi connectivity index (χ0v) is 29.9. The van der Waals surface area contributed by atoms with Crippen molar-refractivity contribution in [2.45, 2.75) is 12.2 Å². The SMILES string of the molecule is COc1ccnc(-c2cc(OC)ccn2)c1.COc1ccnc(-c2cc(OC)ccn2)c1.O.O.O.O.O.O.O.O.O.O=C([O-])[C@H]([O-])[C@@H]([O-])C(=O)[O-].[Cu+2].[Cu+2]. The minimum Gasteiger partial charge on any atom is -0.848 e. The zero-order valence-electron chi connectivity index (χ0n) is 28.1. The van der Waals surface area contributed by atoms with E-state index in [4.69, 9.17) is 18.9 Å². The first kappa shape index (κ1) is 73.7. The summed E-state index contributed by atoms with van der Waals surface area (Å²) in [7, 11) is 6.49. The van der Waals surface area contributed by atoms with Crippen molar-refractivity contribution < 1.29 is 132 Å². The molecule has 0 unspecified atom stereocenters. The van der Waals surface area contributed by atoms with Crippen molar-refractivity contribution in [3.8, 4) is 45.8 Å². The normalized spacial score (nSPS) is 8.94. The molecule has 2 radical (unpaired) electrons. The van der Waals surface area contributed by atoms with Gasteiger partial charge in [0.1, 0.15) is 23.0 Å². The Bertz CT molecular complexity index is 1280. The van der Waals surface area contributed by atoms with Gasteiger partial charge in [0.25, 0.3) is 0 Å². The standard InChI is InChI=1S/2C12H12N2O2.C4H4O6.2Cu.9H2O/c2*1-15-9-3-5-13-11(7-9)12-8-10(16-2)4-6-14-12;5-1(3(7)8)2(6)4(9)10;;;;;;;;;;;/h2*3-8H,1-2H3;1-2H,(H,7,8)(H,9,10);;;9*1H2/q;;-2;2*+2;;;;;;;;;/p-2/t;;1-,2-;;;;;;;;;;;/m..1.........../s1. The van der Waals surface area contributed by atoms with E-state index in [0.717, 1.165) is 45.8 Å². The third-order valence-electron chi connectivity index (χ3n) is 5.13. The molecule has 4 aromatic heterocycles. The van der Waals surface area contributed by atoms with E-state index in [2.05, 4.69) is 19.9 Å². The fourth-order valence-electron chi connectivity index (χ4n) is 2.96. The first-order chi connectivity index (χ1) is 20.1. The number of rotatable bonds is 9. The first-order valence-corrected chi connectivity index (χ1v) is 11.9. The van der Waals surface area contributed by atoms with E-state index in [-0.39, 0.29) is 83.4 Å². The van der Waals surface area contributed by atoms with E-state index in [1.807, 2.05) is 24.3 Å². The van der Waals surface area contributed by atoms with Gasteiger partial charge in [0, 0.05) is 61.0 Å². The number of carboxylic acid groups (broad SMARTS) is 2. The molecule has 0 aliphatic carbocycles. The van der Waals surface area contributed by atoms with E-state index in [9.17, 15) is 30.0 Å². The number of ether oxygens (including phenoxy) is 4. The molecule has 0 aliphatic heterocycles. The quantitative estimate of drug-likeness (QED) is 0.141. The summed E-state index contributed by atoms with van der Waals surface area (Å²) in [6.45, 7) is 0. The molecule has 0 spiro atoms. The zero-order chi connectivity index (χ0) is 31.1. The molecule has 4 aromatic rings. The molecular weight excluding hydrogens is 823 g/mol. The van der Waals surface area contributed by atoms with E-state index in [0.29, 0.717) is 0 Å². The number of carbonyl (C=O) groups excluding carboxylic acids is 2. The van der Waals surface area contributed by atoms with Gasteiger partial charge in [-0.3, -0.25) is 19.9 Å². The number of carboxylic acids is 2. The van der Waals surface area contributed by atoms with Gasteiger partial charge in [0.15, 0.2) is 0 Å². The molecule has 0 amide bonds. The number of pyridine rings is 4. The molecule has 0 saturated heterocycles. The van der Waals surface area contributed by atoms with Gasteiger partial charge in [-0.2, -0.15) is 0 Å². The van der Waals surface area contributed by atoms with Crippen molar-refractivity contribution in [3.63, 3.8) is 0 Å². The molecule has 25 heteroatoms. The van der Waals surface area contributed by atoms with Crippen LogP contribution in [0.25, 0.3) is 22.8 Å². The Labute approximate surface area is 323 Å². The Kier molecular flexibility index (Phi) is 53.6. The maximum Gasteiger partial charge on any atom is 2.00 e. The number of methoxy groups -OCH3 is 4. The topological polar surface area (TPSA) is 498 Å². The summed E-state index contributed by atoms with van der Waals surface area (Å²) in [6, 6.07) is 14.5. The smallest absolute Gasteiger partial charge is 0.848 e. The Morgan fingerprint density at radius 2 is 0.623 bits per heavy atom. The predicted octanol–water partition coefficient (Wildman–Crippen LogP) is -9.16. The van der Waals surface area contributed by atoms with E-state index < -0.39 is 24.1 Å². The van der Waals surface area contributed by atoms with Crippen LogP contribution in [0.2, 0.25) is 0 Å². The van der Waals surface area contributed by atoms with Crippen molar-refractivity contribution in [1.29, 1.82) is 0 Å². The van der Waals surface area contributed by atoms with Gasteiger partial charge in [0.05, 0.1) is 51.2 Å². The van der Waals surface area contributed by atoms with Gasteiger partial charge in [-0.1, -0.05) is 12.2 Å². The number of hydrogen-bond acceptors (Lipinski definition) is 14. The maximum absolute atomic E-state index is 9.97. The van der Waals surface area contributed by atoms with Gasteiger partial charge in [-0.05, 0) is 24.3 Å². The summed E-state index contributed by atoms with van der Waals surface area (Å²) >= 11 is 0. The molecule has 0 bridgehead atoms. The maximum atomic E-state index is 9.97. The van der Waals surface area contributed by atoms with E-state index in [1.54, 1.807) is 77.5 Å². The van der Waals surface area contributed by atoms with E-state index in [1.165, 1.54) is 0 Å². The van der Waals surface area contributed by atoms with Crippen LogP contribution >= 0.6 is 0 Å². The van der Waals surface area contributed by atoms with Crippen LogP contribution in [0.3, 0.4) is 0 Å². The summed E-state index contributed by atoms with van der Waals surface area (Å²) in [4.78, 5) is 36.0. The average Bonchev–Trinajstić information content (AvgIpc) is 3.04. The molecule has 312 valence electrons. The second-order valence-corrected chi connectivity index (χ2v) is 7.80. The Hall–Kier alpha value is -4.66. The molecule has 4 heterocycles. The van der Waals surface area contributed by atoms with Gasteiger partial charge in [0.2, 0.25) is 0 Å². The monoisotopic (exact) mass is 866 g/mol. The van der Waals surface area contributed by atoms with Gasteiger partial charge in [-0.25, -0.2) is 0 Å². The minimum atomic E-state index is -2.80. The number of hydrogen-bond donors (Lipinski definition) is 0. The van der Waals surface area contributed by atoms with Gasteiger partial charge >= 0.3 is 34.1 Å². The summed E-state index contributed by atoms with van der Waals surface area (Å²) in [5.41, 5.74) is 3.05. The van der Waals surface area contributed by atoms with Gasteiger partial charge < -0.3 is 98.2 Å². The molecule has 0 aromatic carbocycles. The van der Waals surface area contributed by atoms with Crippen LogP contribution in [-0.4, -0.2) is 122 Å². The Balaban J connectivity index is -0.0000000606. The molecular formula is C28H44Cu2N4O19. The van der Waals surface area contributed by atoms with Crippen LogP contribution in [0.15, 0.2) is 73.3 Å². The fourth-order valence-corrected chi connectivity index (χ4v) is 2.96. The van der Waals surface area contributed by atoms with Crippen molar-refractivity contribution in [2.75, 3.05) is 28.4 Å². The van der Waals surface area contributed by atoms with Crippen LogP contribution < -0.4 is 39.4 Å². The number of aliphatic carboxylic acids is 2. The molecule has 18 N–H and O–H groups in total. The van der Waals surface area contributed by atoms with Crippen molar-refractivity contribution >= 4 is 11.9 Å². The predicted molar refractivity (Wildman–Crippen MR) is 171 cm³/mol. The van der Waals surface area contributed by atoms with E-state index >= 15 is 0 Å². The van der Waals surface area contributed by atoms with Gasteiger partial charge in [-0.15, -0.1) is 0 Å². The number of nitrogens with zero attached hydrogens (tertiary/aromatic N) is 4. The molecule has 53 heavy (non-hydrogen) atoms. The van der Waals surface area contributed by atoms with Crippen LogP contribution in [0, 0.1) is 0 Å². The number of carbonyl (C=O) groups is 2. The Morgan fingerprint density at radius 1 is 0.453 bits per heavy atom. The second kappa shape index (κ2) is 38.6. The molecule has 0 aliphatic rings. The van der Waals surface area contributed by atoms with Crippen LogP contribution in [0.1, 0.15) is 0 Å². The molecule has 23 nitrogen and oxygen atoms in total. The molecule has 4 rings (SSSR count). The molecule has 2 atom stereocenters. The summed E-state index contributed by atoms with van der Waals surface area (Å²) < 4.78 is 20.5. The van der Waals surface area contributed by atoms with Crippen LogP contribution in [-0.2, 0) is 43.7 Å². The summed E-state index contributed by atoms with van der Waals surface area (Å²) in [5.74, 6) is -1.43. The van der Waals surface area contributed by atoms with Crippen molar-refractivity contribution in [2.24, 2.45) is 0 Å². The van der Waals surface area contributed by atoms with Crippen molar-refractivity contribution in [1.82, 2.24) is 19.9 Å². The number of aromatic nitrogens is 4. The third kappa shape index (κ3) is 24.3. The first-order valence-electron chi connectivity index (χ1n) is 11.9.